The first kappa shape index (κ1) is 8.55. The van der Waals surface area contributed by atoms with Crippen LogP contribution in [0.5, 0.6) is 0 Å². The Morgan fingerprint density at radius 1 is 1.67 bits per heavy atom. The molecule has 0 aliphatic rings. The molecule has 0 spiro atoms. The van der Waals surface area contributed by atoms with Gasteiger partial charge in [0.15, 0.2) is 5.78 Å². The van der Waals surface area contributed by atoms with Crippen LogP contribution in [0.4, 0.5) is 0 Å². The quantitative estimate of drug-likeness (QED) is 0.426. The maximum Gasteiger partial charge on any atom is 0.160 e. The summed E-state index contributed by atoms with van der Waals surface area (Å²) in [4.78, 5) is 10.3. The topological polar surface area (TPSA) is 83.5 Å². The number of hydrogen-bond donors (Lipinski definition) is 3. The van der Waals surface area contributed by atoms with E-state index in [1.165, 1.54) is 6.92 Å². The van der Waals surface area contributed by atoms with E-state index in [0.717, 1.165) is 0 Å². The van der Waals surface area contributed by atoms with Crippen molar-refractivity contribution in [2.75, 3.05) is 6.54 Å². The molecule has 0 rings (SSSR count). The fourth-order valence-electron chi connectivity index (χ4n) is 0.400. The van der Waals surface area contributed by atoms with E-state index in [-0.39, 0.29) is 6.54 Å². The zero-order valence-electron chi connectivity index (χ0n) is 5.24. The molecule has 4 nitrogen and oxygen atoms in total. The van der Waals surface area contributed by atoms with Crippen LogP contribution in [0.25, 0.3) is 0 Å². The fourth-order valence-corrected chi connectivity index (χ4v) is 0.400. The molecule has 0 aliphatic carbocycles. The molecule has 0 aromatic heterocycles. The smallest absolute Gasteiger partial charge is 0.160 e. The standard InChI is InChI=1S/C5H11NO3/c1-3(7)5(9)4(8)2-6/h4-5,8-9H,2,6H2,1H3. The molecule has 0 saturated carbocycles. The summed E-state index contributed by atoms with van der Waals surface area (Å²) >= 11 is 0. The van der Waals surface area contributed by atoms with E-state index in [2.05, 4.69) is 0 Å². The fraction of sp³-hybridized carbons (Fsp3) is 0.800. The predicted octanol–water partition coefficient (Wildman–Crippen LogP) is -1.74. The molecule has 2 unspecified atom stereocenters. The SMILES string of the molecule is CC(=O)C(O)C(O)CN. The average molecular weight is 133 g/mol. The Morgan fingerprint density at radius 2 is 2.11 bits per heavy atom. The molecule has 9 heavy (non-hydrogen) atoms. The first-order chi connectivity index (χ1) is 4.09. The van der Waals surface area contributed by atoms with Crippen molar-refractivity contribution < 1.29 is 15.0 Å². The molecule has 0 amide bonds. The number of carbonyl (C=O) groups is 1. The minimum Gasteiger partial charge on any atom is -0.389 e. The zero-order valence-corrected chi connectivity index (χ0v) is 5.24. The van der Waals surface area contributed by atoms with Gasteiger partial charge in [-0.3, -0.25) is 4.79 Å². The number of nitrogens with two attached hydrogens (primary N) is 1. The lowest BCUT2D eigenvalue weighted by Crippen LogP contribution is -2.37. The second-order valence-corrected chi connectivity index (χ2v) is 1.86. The minimum absolute atomic E-state index is 0.0965. The van der Waals surface area contributed by atoms with E-state index in [1.54, 1.807) is 0 Å². The van der Waals surface area contributed by atoms with Crippen molar-refractivity contribution in [1.29, 1.82) is 0 Å². The maximum absolute atomic E-state index is 10.3. The van der Waals surface area contributed by atoms with Gasteiger partial charge >= 0.3 is 0 Å². The van der Waals surface area contributed by atoms with E-state index in [9.17, 15) is 4.79 Å². The number of carbonyl (C=O) groups excluding carboxylic acids is 1. The van der Waals surface area contributed by atoms with Crippen LogP contribution < -0.4 is 5.73 Å². The number of hydrogen-bond acceptors (Lipinski definition) is 4. The number of aliphatic hydroxyl groups excluding tert-OH is 2. The van der Waals surface area contributed by atoms with Crippen molar-refractivity contribution in [2.45, 2.75) is 19.1 Å². The van der Waals surface area contributed by atoms with Gasteiger partial charge in [-0.2, -0.15) is 0 Å². The number of Topliss-reactive ketones (excluding diaryl/α,β-unsaturated/α-hetero) is 1. The van der Waals surface area contributed by atoms with Crippen molar-refractivity contribution in [3.63, 3.8) is 0 Å². The average Bonchev–Trinajstić information content (AvgIpc) is 1.84. The molecule has 0 fully saturated rings. The molecule has 54 valence electrons. The van der Waals surface area contributed by atoms with E-state index >= 15 is 0 Å². The maximum atomic E-state index is 10.3. The second kappa shape index (κ2) is 3.55. The molecular formula is C5H11NO3. The van der Waals surface area contributed by atoms with Crippen molar-refractivity contribution in [1.82, 2.24) is 0 Å². The Labute approximate surface area is 53.3 Å². The normalized spacial score (nSPS) is 16.9. The van der Waals surface area contributed by atoms with Gasteiger partial charge in [-0.1, -0.05) is 0 Å². The van der Waals surface area contributed by atoms with Crippen molar-refractivity contribution in [3.8, 4) is 0 Å². The minimum atomic E-state index is -1.32. The van der Waals surface area contributed by atoms with Crippen LogP contribution in [0.2, 0.25) is 0 Å². The molecule has 0 heterocycles. The van der Waals surface area contributed by atoms with E-state index < -0.39 is 18.0 Å². The van der Waals surface area contributed by atoms with Crippen LogP contribution >= 0.6 is 0 Å². The molecule has 0 radical (unpaired) electrons. The Kier molecular flexibility index (Phi) is 3.37. The van der Waals surface area contributed by atoms with Gasteiger partial charge in [0.2, 0.25) is 0 Å². The molecule has 4 N–H and O–H groups in total. The van der Waals surface area contributed by atoms with Gasteiger partial charge in [-0.25, -0.2) is 0 Å². The third kappa shape index (κ3) is 2.55. The highest BCUT2D eigenvalue weighted by molar-refractivity contribution is 5.80. The molecule has 0 aromatic rings. The summed E-state index contributed by atoms with van der Waals surface area (Å²) < 4.78 is 0. The molecule has 0 aliphatic heterocycles. The zero-order chi connectivity index (χ0) is 7.44. The van der Waals surface area contributed by atoms with Crippen molar-refractivity contribution in [3.05, 3.63) is 0 Å². The molecular weight excluding hydrogens is 122 g/mol. The monoisotopic (exact) mass is 133 g/mol. The largest absolute Gasteiger partial charge is 0.389 e. The lowest BCUT2D eigenvalue weighted by Gasteiger charge is -2.11. The first-order valence-electron chi connectivity index (χ1n) is 2.66. The summed E-state index contributed by atoms with van der Waals surface area (Å²) in [5.74, 6) is -0.465. The highest BCUT2D eigenvalue weighted by Crippen LogP contribution is 1.91. The Morgan fingerprint density at radius 3 is 2.22 bits per heavy atom. The first-order valence-corrected chi connectivity index (χ1v) is 2.66. The summed E-state index contributed by atoms with van der Waals surface area (Å²) in [6.07, 6.45) is -2.45. The van der Waals surface area contributed by atoms with Crippen LogP contribution in [-0.4, -0.2) is 34.7 Å². The number of ketones is 1. The summed E-state index contributed by atoms with van der Waals surface area (Å²) in [6.45, 7) is 1.10. The molecule has 0 saturated heterocycles. The van der Waals surface area contributed by atoms with Gasteiger partial charge in [-0.15, -0.1) is 0 Å². The summed E-state index contributed by atoms with van der Waals surface area (Å²) in [7, 11) is 0. The lowest BCUT2D eigenvalue weighted by atomic mass is 10.1. The highest BCUT2D eigenvalue weighted by Gasteiger charge is 2.18. The molecule has 0 aromatic carbocycles. The predicted molar refractivity (Wildman–Crippen MR) is 31.7 cm³/mol. The molecule has 0 bridgehead atoms. The number of aliphatic hydroxyl groups is 2. The van der Waals surface area contributed by atoms with Crippen LogP contribution in [0.1, 0.15) is 6.92 Å². The van der Waals surface area contributed by atoms with E-state index in [0.29, 0.717) is 0 Å². The summed E-state index contributed by atoms with van der Waals surface area (Å²) in [5.41, 5.74) is 4.95. The van der Waals surface area contributed by atoms with Crippen LogP contribution in [0.15, 0.2) is 0 Å². The molecule has 2 atom stereocenters. The molecule has 4 heteroatoms. The van der Waals surface area contributed by atoms with E-state index in [1.807, 2.05) is 0 Å². The van der Waals surface area contributed by atoms with Gasteiger partial charge < -0.3 is 15.9 Å². The summed E-state index contributed by atoms with van der Waals surface area (Å²) in [6, 6.07) is 0. The van der Waals surface area contributed by atoms with Gasteiger partial charge in [0.1, 0.15) is 6.10 Å². The van der Waals surface area contributed by atoms with Gasteiger partial charge in [0.25, 0.3) is 0 Å². The lowest BCUT2D eigenvalue weighted by molar-refractivity contribution is -0.130. The summed E-state index contributed by atoms with van der Waals surface area (Å²) in [5, 5.41) is 17.4. The van der Waals surface area contributed by atoms with Crippen LogP contribution in [0, 0.1) is 0 Å². The third-order valence-corrected chi connectivity index (χ3v) is 1.02. The van der Waals surface area contributed by atoms with Crippen LogP contribution in [-0.2, 0) is 4.79 Å². The van der Waals surface area contributed by atoms with Gasteiger partial charge in [-0.05, 0) is 6.92 Å². The Hall–Kier alpha value is -0.450. The van der Waals surface area contributed by atoms with Crippen molar-refractivity contribution in [2.24, 2.45) is 5.73 Å². The van der Waals surface area contributed by atoms with Gasteiger partial charge in [0.05, 0.1) is 6.10 Å². The third-order valence-electron chi connectivity index (χ3n) is 1.02. The number of rotatable bonds is 3. The van der Waals surface area contributed by atoms with E-state index in [4.69, 9.17) is 15.9 Å². The van der Waals surface area contributed by atoms with Crippen molar-refractivity contribution >= 4 is 5.78 Å². The second-order valence-electron chi connectivity index (χ2n) is 1.86. The Balaban J connectivity index is 3.72. The highest BCUT2D eigenvalue weighted by atomic mass is 16.3. The van der Waals surface area contributed by atoms with Gasteiger partial charge in [0, 0.05) is 6.54 Å². The Bertz CT molecular complexity index is 104. The van der Waals surface area contributed by atoms with Crippen LogP contribution in [0.3, 0.4) is 0 Å².